The van der Waals surface area contributed by atoms with Gasteiger partial charge in [-0.05, 0) is 55.1 Å². The molecule has 0 atom stereocenters. The summed E-state index contributed by atoms with van der Waals surface area (Å²) in [6.07, 6.45) is 3.16. The van der Waals surface area contributed by atoms with Crippen LogP contribution >= 0.6 is 0 Å². The van der Waals surface area contributed by atoms with Crippen LogP contribution in [0.3, 0.4) is 0 Å². The van der Waals surface area contributed by atoms with E-state index in [1.54, 1.807) is 18.5 Å². The first kappa shape index (κ1) is 22.2. The van der Waals surface area contributed by atoms with Gasteiger partial charge in [-0.2, -0.15) is 0 Å². The summed E-state index contributed by atoms with van der Waals surface area (Å²) >= 11 is 0. The third-order valence-corrected chi connectivity index (χ3v) is 4.90. The second kappa shape index (κ2) is 10.5. The number of anilines is 2. The standard InChI is InChI=1S/C23H26FN5O2/c1-3-29(4-2)11-12-31-19-8-6-18(7-9-19)28-23-26-14-17(15-27-23)16-5-10-20(22(25)30)21(24)13-16/h5-10,13-15H,3-4,11-12H2,1-2H3,(H2,25,30)(H,26,27,28). The van der Waals surface area contributed by atoms with E-state index in [4.69, 9.17) is 10.5 Å². The molecule has 3 rings (SSSR count). The molecule has 3 aromatic rings. The Labute approximate surface area is 181 Å². The van der Waals surface area contributed by atoms with Crippen LogP contribution < -0.4 is 15.8 Å². The Hall–Kier alpha value is -3.52. The van der Waals surface area contributed by atoms with E-state index in [-0.39, 0.29) is 5.56 Å². The minimum absolute atomic E-state index is 0.150. The molecule has 8 heteroatoms. The summed E-state index contributed by atoms with van der Waals surface area (Å²) in [6.45, 7) is 7.82. The third-order valence-electron chi connectivity index (χ3n) is 4.90. The van der Waals surface area contributed by atoms with Gasteiger partial charge in [-0.1, -0.05) is 19.9 Å². The van der Waals surface area contributed by atoms with Crippen molar-refractivity contribution in [2.24, 2.45) is 5.73 Å². The average molecular weight is 423 g/mol. The molecule has 3 N–H and O–H groups in total. The first-order valence-electron chi connectivity index (χ1n) is 10.1. The molecule has 7 nitrogen and oxygen atoms in total. The molecule has 1 heterocycles. The molecule has 0 saturated heterocycles. The van der Waals surface area contributed by atoms with Crippen LogP contribution in [-0.4, -0.2) is 47.0 Å². The lowest BCUT2D eigenvalue weighted by Gasteiger charge is -2.18. The van der Waals surface area contributed by atoms with Crippen LogP contribution in [0.2, 0.25) is 0 Å². The maximum Gasteiger partial charge on any atom is 0.251 e. The van der Waals surface area contributed by atoms with Gasteiger partial charge < -0.3 is 20.7 Å². The van der Waals surface area contributed by atoms with Crippen LogP contribution in [0.25, 0.3) is 11.1 Å². The van der Waals surface area contributed by atoms with Crippen molar-refractivity contribution in [2.45, 2.75) is 13.8 Å². The Morgan fingerprint density at radius 2 is 1.74 bits per heavy atom. The molecule has 2 aromatic carbocycles. The summed E-state index contributed by atoms with van der Waals surface area (Å²) in [4.78, 5) is 22.0. The maximum absolute atomic E-state index is 14.0. The van der Waals surface area contributed by atoms with Gasteiger partial charge >= 0.3 is 0 Å². The fourth-order valence-electron chi connectivity index (χ4n) is 3.03. The van der Waals surface area contributed by atoms with E-state index >= 15 is 0 Å². The first-order chi connectivity index (χ1) is 15.0. The largest absolute Gasteiger partial charge is 0.492 e. The Bertz CT molecular complexity index is 1010. The van der Waals surface area contributed by atoms with Crippen LogP contribution in [-0.2, 0) is 0 Å². The van der Waals surface area contributed by atoms with Gasteiger partial charge in [-0.15, -0.1) is 0 Å². The third kappa shape index (κ3) is 5.99. The van der Waals surface area contributed by atoms with Crippen molar-refractivity contribution in [3.8, 4) is 16.9 Å². The van der Waals surface area contributed by atoms with E-state index in [0.717, 1.165) is 31.1 Å². The Balaban J connectivity index is 1.58. The first-order valence-corrected chi connectivity index (χ1v) is 10.1. The molecule has 0 saturated carbocycles. The zero-order valence-electron chi connectivity index (χ0n) is 17.6. The number of hydrogen-bond acceptors (Lipinski definition) is 6. The van der Waals surface area contributed by atoms with Gasteiger partial charge in [0.1, 0.15) is 18.2 Å². The monoisotopic (exact) mass is 423 g/mol. The highest BCUT2D eigenvalue weighted by molar-refractivity contribution is 5.93. The van der Waals surface area contributed by atoms with Gasteiger partial charge in [-0.3, -0.25) is 4.79 Å². The number of nitrogens with zero attached hydrogens (tertiary/aromatic N) is 3. The van der Waals surface area contributed by atoms with Gasteiger partial charge in [0.2, 0.25) is 5.95 Å². The van der Waals surface area contributed by atoms with Crippen molar-refractivity contribution in [3.63, 3.8) is 0 Å². The number of nitrogens with two attached hydrogens (primary N) is 1. The predicted molar refractivity (Wildman–Crippen MR) is 119 cm³/mol. The number of benzene rings is 2. The molecule has 0 aliphatic carbocycles. The van der Waals surface area contributed by atoms with Crippen LogP contribution in [0.15, 0.2) is 54.9 Å². The summed E-state index contributed by atoms with van der Waals surface area (Å²) < 4.78 is 19.8. The summed E-state index contributed by atoms with van der Waals surface area (Å²) in [6, 6.07) is 11.8. The van der Waals surface area contributed by atoms with E-state index < -0.39 is 11.7 Å². The predicted octanol–water partition coefficient (Wildman–Crippen LogP) is 3.85. The van der Waals surface area contributed by atoms with Gasteiger partial charge in [0, 0.05) is 30.2 Å². The van der Waals surface area contributed by atoms with Crippen LogP contribution in [0.4, 0.5) is 16.0 Å². The van der Waals surface area contributed by atoms with Crippen LogP contribution in [0, 0.1) is 5.82 Å². The Kier molecular flexibility index (Phi) is 7.50. The lowest BCUT2D eigenvalue weighted by Crippen LogP contribution is -2.27. The normalized spacial score (nSPS) is 10.8. The number of rotatable bonds is 10. The van der Waals surface area contributed by atoms with E-state index in [1.807, 2.05) is 24.3 Å². The summed E-state index contributed by atoms with van der Waals surface area (Å²) in [5.41, 5.74) is 6.98. The number of likely N-dealkylation sites (N-methyl/N-ethyl adjacent to an activating group) is 1. The molecule has 0 bridgehead atoms. The molecule has 0 fully saturated rings. The highest BCUT2D eigenvalue weighted by atomic mass is 19.1. The van der Waals surface area contributed by atoms with E-state index in [2.05, 4.69) is 34.0 Å². The number of ether oxygens (including phenoxy) is 1. The molecule has 31 heavy (non-hydrogen) atoms. The Morgan fingerprint density at radius 1 is 1.06 bits per heavy atom. The number of primary amides is 1. The molecule has 162 valence electrons. The van der Waals surface area contributed by atoms with Crippen molar-refractivity contribution in [1.82, 2.24) is 14.9 Å². The second-order valence-corrected chi connectivity index (χ2v) is 6.88. The number of carbonyl (C=O) groups is 1. The van der Waals surface area contributed by atoms with Crippen molar-refractivity contribution in [1.29, 1.82) is 0 Å². The zero-order chi connectivity index (χ0) is 22.2. The molecular weight excluding hydrogens is 397 g/mol. The van der Waals surface area contributed by atoms with Gasteiger partial charge in [0.05, 0.1) is 5.56 Å². The highest BCUT2D eigenvalue weighted by Gasteiger charge is 2.10. The van der Waals surface area contributed by atoms with Gasteiger partial charge in [0.25, 0.3) is 5.91 Å². The number of hydrogen-bond donors (Lipinski definition) is 2. The lowest BCUT2D eigenvalue weighted by atomic mass is 10.1. The van der Waals surface area contributed by atoms with Gasteiger partial charge in [-0.25, -0.2) is 14.4 Å². The zero-order valence-corrected chi connectivity index (χ0v) is 17.6. The van der Waals surface area contributed by atoms with Crippen LogP contribution in [0.1, 0.15) is 24.2 Å². The summed E-state index contributed by atoms with van der Waals surface area (Å²) in [7, 11) is 0. The number of aromatic nitrogens is 2. The quantitative estimate of drug-likeness (QED) is 0.515. The lowest BCUT2D eigenvalue weighted by molar-refractivity contribution is 0.0996. The second-order valence-electron chi connectivity index (χ2n) is 6.88. The smallest absolute Gasteiger partial charge is 0.251 e. The fourth-order valence-corrected chi connectivity index (χ4v) is 3.03. The van der Waals surface area contributed by atoms with E-state index in [9.17, 15) is 9.18 Å². The van der Waals surface area contributed by atoms with E-state index in [1.165, 1.54) is 12.1 Å². The van der Waals surface area contributed by atoms with Crippen molar-refractivity contribution in [2.75, 3.05) is 31.6 Å². The average Bonchev–Trinajstić information content (AvgIpc) is 2.78. The van der Waals surface area contributed by atoms with Crippen molar-refractivity contribution in [3.05, 3.63) is 66.2 Å². The van der Waals surface area contributed by atoms with Crippen molar-refractivity contribution >= 4 is 17.5 Å². The molecule has 0 aliphatic heterocycles. The number of carbonyl (C=O) groups excluding carboxylic acids is 1. The topological polar surface area (TPSA) is 93.4 Å². The molecule has 0 spiro atoms. The Morgan fingerprint density at radius 3 is 2.32 bits per heavy atom. The highest BCUT2D eigenvalue weighted by Crippen LogP contribution is 2.22. The van der Waals surface area contributed by atoms with Gasteiger partial charge in [0.15, 0.2) is 0 Å². The number of halogens is 1. The molecule has 0 radical (unpaired) electrons. The molecule has 1 aromatic heterocycles. The summed E-state index contributed by atoms with van der Waals surface area (Å²) in [5, 5.41) is 3.12. The molecule has 0 aliphatic rings. The minimum atomic E-state index is -0.805. The minimum Gasteiger partial charge on any atom is -0.492 e. The number of amides is 1. The van der Waals surface area contributed by atoms with E-state index in [0.29, 0.717) is 23.7 Å². The molecular formula is C23H26FN5O2. The van der Waals surface area contributed by atoms with Crippen molar-refractivity contribution < 1.29 is 13.9 Å². The van der Waals surface area contributed by atoms with Crippen LogP contribution in [0.5, 0.6) is 5.75 Å². The molecule has 1 amide bonds. The number of nitrogens with one attached hydrogen (secondary N) is 1. The fraction of sp³-hybridized carbons (Fsp3) is 0.261. The SMILES string of the molecule is CCN(CC)CCOc1ccc(Nc2ncc(-c3ccc(C(N)=O)c(F)c3)cn2)cc1. The summed E-state index contributed by atoms with van der Waals surface area (Å²) in [5.74, 6) is -0.268. The molecule has 0 unspecified atom stereocenters. The maximum atomic E-state index is 14.0.